The van der Waals surface area contributed by atoms with Gasteiger partial charge in [0.05, 0.1) is 10.4 Å². The predicted octanol–water partition coefficient (Wildman–Crippen LogP) is 3.43. The summed E-state index contributed by atoms with van der Waals surface area (Å²) < 4.78 is 0. The molecule has 0 aromatic carbocycles. The Balaban J connectivity index is 2.47. The lowest BCUT2D eigenvalue weighted by Crippen LogP contribution is -2.33. The Bertz CT molecular complexity index is 508. The van der Waals surface area contributed by atoms with Gasteiger partial charge in [-0.2, -0.15) is 0 Å². The lowest BCUT2D eigenvalue weighted by atomic mass is 9.87. The fourth-order valence-electron chi connectivity index (χ4n) is 2.01. The van der Waals surface area contributed by atoms with E-state index in [1.165, 1.54) is 30.6 Å². The van der Waals surface area contributed by atoms with E-state index < -0.39 is 0 Å². The third-order valence-electron chi connectivity index (χ3n) is 3.34. The highest BCUT2D eigenvalue weighted by Gasteiger charge is 2.19. The summed E-state index contributed by atoms with van der Waals surface area (Å²) in [6.45, 7) is 7.10. The van der Waals surface area contributed by atoms with Crippen LogP contribution in [-0.4, -0.2) is 24.2 Å². The average molecular weight is 307 g/mol. The summed E-state index contributed by atoms with van der Waals surface area (Å²) >= 11 is 1.42. The van der Waals surface area contributed by atoms with E-state index in [9.17, 15) is 4.79 Å². The molecule has 0 fully saturated rings. The molecule has 4 heteroatoms. The van der Waals surface area contributed by atoms with Crippen LogP contribution in [0.15, 0.2) is 11.4 Å². The maximum atomic E-state index is 12.1. The number of aliphatic hydroxyl groups excluding tert-OH is 1. The third-order valence-corrected chi connectivity index (χ3v) is 4.18. The number of thiophene rings is 1. The Labute approximate surface area is 131 Å². The molecule has 1 heterocycles. The number of aliphatic hydroxyl groups is 1. The maximum absolute atomic E-state index is 12.1. The second kappa shape index (κ2) is 8.86. The summed E-state index contributed by atoms with van der Waals surface area (Å²) in [5.41, 5.74) is 0.770. The van der Waals surface area contributed by atoms with Crippen LogP contribution >= 0.6 is 11.3 Å². The summed E-state index contributed by atoms with van der Waals surface area (Å²) in [6, 6.07) is 1.77. The van der Waals surface area contributed by atoms with Gasteiger partial charge >= 0.3 is 0 Å². The molecule has 1 amide bonds. The van der Waals surface area contributed by atoms with Crippen molar-refractivity contribution in [2.24, 2.45) is 5.41 Å². The standard InChI is InChI=1S/C17H25NO2S/c1-4-5-6-9-17(2,3)13-18-16(20)14-11-15(21-12-14)8-7-10-19/h11-12,19H,4-6,9-10,13H2,1-3H3,(H,18,20). The Morgan fingerprint density at radius 1 is 1.43 bits per heavy atom. The fourth-order valence-corrected chi connectivity index (χ4v) is 2.77. The van der Waals surface area contributed by atoms with E-state index in [0.717, 1.165) is 11.3 Å². The molecule has 0 spiro atoms. The van der Waals surface area contributed by atoms with Gasteiger partial charge in [0.2, 0.25) is 0 Å². The van der Waals surface area contributed by atoms with Crippen molar-refractivity contribution in [2.45, 2.75) is 46.5 Å². The van der Waals surface area contributed by atoms with E-state index in [2.05, 4.69) is 37.9 Å². The number of hydrogen-bond acceptors (Lipinski definition) is 3. The van der Waals surface area contributed by atoms with Gasteiger partial charge < -0.3 is 10.4 Å². The van der Waals surface area contributed by atoms with Gasteiger partial charge in [-0.05, 0) is 17.9 Å². The van der Waals surface area contributed by atoms with Crippen LogP contribution in [0.3, 0.4) is 0 Å². The van der Waals surface area contributed by atoms with Gasteiger partial charge in [-0.25, -0.2) is 0 Å². The number of amides is 1. The van der Waals surface area contributed by atoms with E-state index in [0.29, 0.717) is 12.1 Å². The van der Waals surface area contributed by atoms with Crippen LogP contribution in [0.1, 0.15) is 61.7 Å². The van der Waals surface area contributed by atoms with Crippen molar-refractivity contribution in [2.75, 3.05) is 13.2 Å². The van der Waals surface area contributed by atoms with Crippen molar-refractivity contribution < 1.29 is 9.90 Å². The minimum atomic E-state index is -0.161. The molecule has 0 aliphatic carbocycles. The molecule has 0 aliphatic heterocycles. The smallest absolute Gasteiger partial charge is 0.252 e. The lowest BCUT2D eigenvalue weighted by molar-refractivity contribution is 0.0934. The number of carbonyl (C=O) groups is 1. The van der Waals surface area contributed by atoms with Gasteiger partial charge in [-0.15, -0.1) is 11.3 Å². The number of rotatable bonds is 7. The van der Waals surface area contributed by atoms with Gasteiger partial charge in [-0.3, -0.25) is 4.79 Å². The van der Waals surface area contributed by atoms with Crippen molar-refractivity contribution in [3.05, 3.63) is 21.9 Å². The van der Waals surface area contributed by atoms with Gasteiger partial charge in [0.1, 0.15) is 6.61 Å². The molecule has 1 aromatic heterocycles. The molecule has 21 heavy (non-hydrogen) atoms. The molecule has 1 aromatic rings. The fraction of sp³-hybridized carbons (Fsp3) is 0.588. The molecule has 0 unspecified atom stereocenters. The van der Waals surface area contributed by atoms with Gasteiger partial charge in [0.15, 0.2) is 0 Å². The van der Waals surface area contributed by atoms with Crippen LogP contribution in [0.2, 0.25) is 0 Å². The second-order valence-electron chi connectivity index (χ2n) is 5.96. The first-order valence-electron chi connectivity index (χ1n) is 7.45. The van der Waals surface area contributed by atoms with Crippen LogP contribution in [0.4, 0.5) is 0 Å². The van der Waals surface area contributed by atoms with E-state index >= 15 is 0 Å². The molecule has 0 atom stereocenters. The highest BCUT2D eigenvalue weighted by atomic mass is 32.1. The van der Waals surface area contributed by atoms with E-state index in [4.69, 9.17) is 5.11 Å². The monoisotopic (exact) mass is 307 g/mol. The summed E-state index contributed by atoms with van der Waals surface area (Å²) in [4.78, 5) is 12.9. The van der Waals surface area contributed by atoms with Crippen molar-refractivity contribution in [1.82, 2.24) is 5.32 Å². The minimum Gasteiger partial charge on any atom is -0.384 e. The second-order valence-corrected chi connectivity index (χ2v) is 6.87. The van der Waals surface area contributed by atoms with Crippen LogP contribution in [0.25, 0.3) is 0 Å². The topological polar surface area (TPSA) is 49.3 Å². The first-order valence-corrected chi connectivity index (χ1v) is 8.33. The Kier molecular flexibility index (Phi) is 7.49. The quantitative estimate of drug-likeness (QED) is 0.599. The molecular formula is C17H25NO2S. The Hall–Kier alpha value is -1.31. The normalized spacial score (nSPS) is 10.9. The third kappa shape index (κ3) is 6.79. The van der Waals surface area contributed by atoms with E-state index in [1.54, 1.807) is 11.4 Å². The van der Waals surface area contributed by atoms with Gasteiger partial charge in [-0.1, -0.05) is 51.9 Å². The molecule has 0 saturated heterocycles. The Morgan fingerprint density at radius 2 is 2.19 bits per heavy atom. The zero-order chi connectivity index (χ0) is 15.7. The number of hydrogen-bond donors (Lipinski definition) is 2. The SMILES string of the molecule is CCCCCC(C)(C)CNC(=O)c1csc(C#CCO)c1. The van der Waals surface area contributed by atoms with Crippen molar-refractivity contribution in [1.29, 1.82) is 0 Å². The number of carbonyl (C=O) groups excluding carboxylic acids is 1. The minimum absolute atomic E-state index is 0.0492. The average Bonchev–Trinajstić information content (AvgIpc) is 2.91. The van der Waals surface area contributed by atoms with Gasteiger partial charge in [0.25, 0.3) is 5.91 Å². The van der Waals surface area contributed by atoms with Crippen LogP contribution < -0.4 is 5.32 Å². The predicted molar refractivity (Wildman–Crippen MR) is 88.5 cm³/mol. The maximum Gasteiger partial charge on any atom is 0.252 e. The Morgan fingerprint density at radius 3 is 2.86 bits per heavy atom. The molecule has 0 bridgehead atoms. The highest BCUT2D eigenvalue weighted by Crippen LogP contribution is 2.23. The molecule has 0 aliphatic rings. The zero-order valence-electron chi connectivity index (χ0n) is 13.2. The summed E-state index contributed by atoms with van der Waals surface area (Å²) in [5, 5.41) is 13.5. The molecular weight excluding hydrogens is 282 g/mol. The van der Waals surface area contributed by atoms with Crippen molar-refractivity contribution in [3.63, 3.8) is 0 Å². The summed E-state index contributed by atoms with van der Waals surface area (Å²) in [6.07, 6.45) is 4.79. The molecule has 116 valence electrons. The van der Waals surface area contributed by atoms with E-state index in [-0.39, 0.29) is 17.9 Å². The van der Waals surface area contributed by atoms with Crippen molar-refractivity contribution >= 4 is 17.2 Å². The summed E-state index contributed by atoms with van der Waals surface area (Å²) in [7, 11) is 0. The first kappa shape index (κ1) is 17.7. The molecule has 2 N–H and O–H groups in total. The van der Waals surface area contributed by atoms with Crippen LogP contribution in [0.5, 0.6) is 0 Å². The molecule has 0 radical (unpaired) electrons. The first-order chi connectivity index (χ1) is 9.98. The largest absolute Gasteiger partial charge is 0.384 e. The van der Waals surface area contributed by atoms with Crippen LogP contribution in [0, 0.1) is 17.3 Å². The van der Waals surface area contributed by atoms with Crippen LogP contribution in [-0.2, 0) is 0 Å². The van der Waals surface area contributed by atoms with E-state index in [1.807, 2.05) is 0 Å². The van der Waals surface area contributed by atoms with Crippen molar-refractivity contribution in [3.8, 4) is 11.8 Å². The molecule has 0 saturated carbocycles. The summed E-state index contributed by atoms with van der Waals surface area (Å²) in [5.74, 6) is 5.35. The number of unbranched alkanes of at least 4 members (excludes halogenated alkanes) is 2. The highest BCUT2D eigenvalue weighted by molar-refractivity contribution is 7.10. The number of nitrogens with one attached hydrogen (secondary N) is 1. The van der Waals surface area contributed by atoms with Gasteiger partial charge in [0, 0.05) is 11.9 Å². The zero-order valence-corrected chi connectivity index (χ0v) is 14.0. The lowest BCUT2D eigenvalue weighted by Gasteiger charge is -2.24. The molecule has 1 rings (SSSR count). The molecule has 3 nitrogen and oxygen atoms in total.